The van der Waals surface area contributed by atoms with Gasteiger partial charge in [0.1, 0.15) is 11.6 Å². The van der Waals surface area contributed by atoms with E-state index in [9.17, 15) is 17.6 Å². The Balaban J connectivity index is 2.02. The first-order chi connectivity index (χ1) is 13.3. The van der Waals surface area contributed by atoms with Gasteiger partial charge in [-0.2, -0.15) is 0 Å². The highest BCUT2D eigenvalue weighted by atomic mass is 32.2. The van der Waals surface area contributed by atoms with Crippen molar-refractivity contribution in [3.63, 3.8) is 0 Å². The van der Waals surface area contributed by atoms with Crippen LogP contribution < -0.4 is 9.64 Å². The minimum atomic E-state index is -3.71. The number of carbonyl (C=O) groups excluding carboxylic acids is 1. The summed E-state index contributed by atoms with van der Waals surface area (Å²) in [7, 11) is -0.855. The van der Waals surface area contributed by atoms with Crippen LogP contribution in [0, 0.1) is 5.82 Å². The Kier molecular flexibility index (Phi) is 6.00. The first-order valence-electron chi connectivity index (χ1n) is 9.08. The molecule has 0 saturated carbocycles. The van der Waals surface area contributed by atoms with Crippen molar-refractivity contribution in [1.82, 2.24) is 4.31 Å². The predicted molar refractivity (Wildman–Crippen MR) is 105 cm³/mol. The van der Waals surface area contributed by atoms with Crippen molar-refractivity contribution in [2.45, 2.75) is 24.2 Å². The van der Waals surface area contributed by atoms with Gasteiger partial charge >= 0.3 is 5.97 Å². The van der Waals surface area contributed by atoms with Gasteiger partial charge in [-0.25, -0.2) is 21.9 Å². The van der Waals surface area contributed by atoms with Crippen molar-refractivity contribution >= 4 is 21.7 Å². The van der Waals surface area contributed by atoms with E-state index in [0.29, 0.717) is 5.69 Å². The minimum Gasteiger partial charge on any atom is -0.423 e. The van der Waals surface area contributed by atoms with E-state index in [2.05, 4.69) is 4.90 Å². The summed E-state index contributed by atoms with van der Waals surface area (Å²) < 4.78 is 44.8. The Hall–Kier alpha value is -2.45. The van der Waals surface area contributed by atoms with Crippen LogP contribution in [0.2, 0.25) is 0 Å². The van der Waals surface area contributed by atoms with Gasteiger partial charge < -0.3 is 9.64 Å². The first kappa shape index (κ1) is 20.3. The van der Waals surface area contributed by atoms with Crippen molar-refractivity contribution in [2.75, 3.05) is 32.1 Å². The van der Waals surface area contributed by atoms with Crippen LogP contribution in [-0.2, 0) is 10.0 Å². The molecule has 0 unspecified atom stereocenters. The zero-order valence-electron chi connectivity index (χ0n) is 15.9. The average molecular weight is 406 g/mol. The number of ether oxygens (including phenoxy) is 1. The van der Waals surface area contributed by atoms with E-state index in [-0.39, 0.29) is 16.2 Å². The number of nitrogens with zero attached hydrogens (tertiary/aromatic N) is 2. The molecule has 0 amide bonds. The van der Waals surface area contributed by atoms with E-state index < -0.39 is 21.8 Å². The van der Waals surface area contributed by atoms with Crippen molar-refractivity contribution in [3.8, 4) is 5.75 Å². The standard InChI is InChI=1S/C20H23FN2O4S/c1-22(2)28(25,26)17-9-10-19(23-11-4-3-5-12-23)18(14-17)20(24)27-16-8-6-7-15(21)13-16/h6-10,13-14H,3-5,11-12H2,1-2H3. The summed E-state index contributed by atoms with van der Waals surface area (Å²) in [6.07, 6.45) is 3.11. The zero-order valence-corrected chi connectivity index (χ0v) is 16.7. The van der Waals surface area contributed by atoms with Crippen molar-refractivity contribution in [1.29, 1.82) is 0 Å². The third-order valence-electron chi connectivity index (χ3n) is 4.67. The van der Waals surface area contributed by atoms with Gasteiger partial charge in [0, 0.05) is 33.3 Å². The second-order valence-corrected chi connectivity index (χ2v) is 9.01. The Bertz CT molecular complexity index is 970. The topological polar surface area (TPSA) is 66.9 Å². The monoisotopic (exact) mass is 406 g/mol. The molecule has 0 aliphatic carbocycles. The highest BCUT2D eigenvalue weighted by Crippen LogP contribution is 2.29. The molecule has 0 spiro atoms. The van der Waals surface area contributed by atoms with Crippen LogP contribution in [0.1, 0.15) is 29.6 Å². The van der Waals surface area contributed by atoms with E-state index in [1.807, 2.05) is 0 Å². The number of halogens is 1. The number of hydrogen-bond donors (Lipinski definition) is 0. The van der Waals surface area contributed by atoms with E-state index in [1.165, 1.54) is 44.4 Å². The fraction of sp³-hybridized carbons (Fsp3) is 0.350. The number of piperidine rings is 1. The molecule has 1 saturated heterocycles. The van der Waals surface area contributed by atoms with Gasteiger partial charge in [-0.15, -0.1) is 0 Å². The van der Waals surface area contributed by atoms with E-state index >= 15 is 0 Å². The van der Waals surface area contributed by atoms with Gasteiger partial charge in [-0.3, -0.25) is 0 Å². The van der Waals surface area contributed by atoms with Gasteiger partial charge in [-0.1, -0.05) is 6.07 Å². The average Bonchev–Trinajstić information content (AvgIpc) is 2.68. The SMILES string of the molecule is CN(C)S(=O)(=O)c1ccc(N2CCCCC2)c(C(=O)Oc2cccc(F)c2)c1. The number of rotatable bonds is 5. The first-order valence-corrected chi connectivity index (χ1v) is 10.5. The molecule has 1 aliphatic rings. The lowest BCUT2D eigenvalue weighted by molar-refractivity contribution is 0.0734. The molecular weight excluding hydrogens is 383 g/mol. The third kappa shape index (κ3) is 4.34. The molecule has 3 rings (SSSR count). The normalized spacial score (nSPS) is 14.9. The summed E-state index contributed by atoms with van der Waals surface area (Å²) >= 11 is 0. The molecule has 1 aliphatic heterocycles. The Morgan fingerprint density at radius 2 is 1.79 bits per heavy atom. The maximum absolute atomic E-state index is 13.4. The summed E-state index contributed by atoms with van der Waals surface area (Å²) in [5, 5.41) is 0. The maximum atomic E-state index is 13.4. The molecule has 0 aromatic heterocycles. The van der Waals surface area contributed by atoms with Crippen LogP contribution in [0.15, 0.2) is 47.4 Å². The second kappa shape index (κ2) is 8.28. The van der Waals surface area contributed by atoms with Crippen LogP contribution >= 0.6 is 0 Å². The van der Waals surface area contributed by atoms with Gasteiger partial charge in [0.2, 0.25) is 10.0 Å². The predicted octanol–water partition coefficient (Wildman–Crippen LogP) is 3.29. The Labute approximate surface area is 164 Å². The lowest BCUT2D eigenvalue weighted by Crippen LogP contribution is -2.31. The molecule has 0 radical (unpaired) electrons. The molecule has 0 bridgehead atoms. The highest BCUT2D eigenvalue weighted by molar-refractivity contribution is 7.89. The number of esters is 1. The molecule has 6 nitrogen and oxygen atoms in total. The van der Waals surface area contributed by atoms with Crippen LogP contribution in [0.5, 0.6) is 5.75 Å². The van der Waals surface area contributed by atoms with Gasteiger partial charge in [-0.05, 0) is 49.6 Å². The molecule has 0 N–H and O–H groups in total. The van der Waals surface area contributed by atoms with Gasteiger partial charge in [0.05, 0.1) is 16.1 Å². The summed E-state index contributed by atoms with van der Waals surface area (Å²) in [5.41, 5.74) is 0.771. The quantitative estimate of drug-likeness (QED) is 0.563. The van der Waals surface area contributed by atoms with Crippen LogP contribution in [0.25, 0.3) is 0 Å². The fourth-order valence-corrected chi connectivity index (χ4v) is 4.08. The van der Waals surface area contributed by atoms with Gasteiger partial charge in [0.25, 0.3) is 0 Å². The third-order valence-corrected chi connectivity index (χ3v) is 6.48. The van der Waals surface area contributed by atoms with E-state index in [4.69, 9.17) is 4.74 Å². The summed E-state index contributed by atoms with van der Waals surface area (Å²) in [4.78, 5) is 14.9. The Morgan fingerprint density at radius 3 is 2.43 bits per heavy atom. The van der Waals surface area contributed by atoms with Crippen molar-refractivity contribution in [2.24, 2.45) is 0 Å². The molecule has 2 aromatic carbocycles. The highest BCUT2D eigenvalue weighted by Gasteiger charge is 2.25. The number of hydrogen-bond acceptors (Lipinski definition) is 5. The maximum Gasteiger partial charge on any atom is 0.345 e. The second-order valence-electron chi connectivity index (χ2n) is 6.86. The fourth-order valence-electron chi connectivity index (χ4n) is 3.15. The molecule has 1 heterocycles. The van der Waals surface area contributed by atoms with E-state index in [1.54, 1.807) is 6.07 Å². The molecule has 8 heteroatoms. The van der Waals surface area contributed by atoms with Crippen LogP contribution in [0.4, 0.5) is 10.1 Å². The summed E-state index contributed by atoms with van der Waals surface area (Å²) in [6, 6.07) is 9.75. The molecule has 0 atom stereocenters. The van der Waals surface area contributed by atoms with Crippen LogP contribution in [-0.4, -0.2) is 45.9 Å². The summed E-state index contributed by atoms with van der Waals surface area (Å²) in [5.74, 6) is -1.18. The summed E-state index contributed by atoms with van der Waals surface area (Å²) in [6.45, 7) is 1.56. The number of sulfonamides is 1. The smallest absolute Gasteiger partial charge is 0.345 e. The number of carbonyl (C=O) groups is 1. The molecule has 1 fully saturated rings. The number of benzene rings is 2. The molecule has 2 aromatic rings. The lowest BCUT2D eigenvalue weighted by atomic mass is 10.1. The van der Waals surface area contributed by atoms with Crippen molar-refractivity contribution < 1.29 is 22.3 Å². The Morgan fingerprint density at radius 1 is 1.07 bits per heavy atom. The molecule has 150 valence electrons. The van der Waals surface area contributed by atoms with Gasteiger partial charge in [0.15, 0.2) is 0 Å². The van der Waals surface area contributed by atoms with Crippen molar-refractivity contribution in [3.05, 3.63) is 53.8 Å². The molecule has 28 heavy (non-hydrogen) atoms. The largest absolute Gasteiger partial charge is 0.423 e. The lowest BCUT2D eigenvalue weighted by Gasteiger charge is -2.30. The molecular formula is C20H23FN2O4S. The van der Waals surface area contributed by atoms with Crippen LogP contribution in [0.3, 0.4) is 0 Å². The zero-order chi connectivity index (χ0) is 20.3. The minimum absolute atomic E-state index is 0.00412. The number of anilines is 1. The van der Waals surface area contributed by atoms with E-state index in [0.717, 1.165) is 42.7 Å².